The molecule has 2 aromatic rings. The number of rotatable bonds is 4. The van der Waals surface area contributed by atoms with Crippen LogP contribution in [0.15, 0.2) is 36.0 Å². The summed E-state index contributed by atoms with van der Waals surface area (Å²) in [4.78, 5) is 38.5. The molecule has 8 heteroatoms. The van der Waals surface area contributed by atoms with Crippen LogP contribution < -0.4 is 10.6 Å². The Morgan fingerprint density at radius 1 is 1.28 bits per heavy atom. The van der Waals surface area contributed by atoms with E-state index in [1.165, 1.54) is 11.9 Å². The molecule has 2 fully saturated rings. The molecule has 7 nitrogen and oxygen atoms in total. The molecule has 4 rings (SSSR count). The fourth-order valence-electron chi connectivity index (χ4n) is 3.92. The van der Waals surface area contributed by atoms with Crippen molar-refractivity contribution in [3.63, 3.8) is 0 Å². The zero-order chi connectivity index (χ0) is 20.5. The highest BCUT2D eigenvalue weighted by Gasteiger charge is 2.31. The number of nitrogens with one attached hydrogen (secondary N) is 2. The topological polar surface area (TPSA) is 83.4 Å². The summed E-state index contributed by atoms with van der Waals surface area (Å²) in [5.74, 6) is -1.00. The first kappa shape index (κ1) is 19.3. The SMILES string of the molecule is CN1C(=O)/C(=C\c2cn(CC(=O)NC3CCCC3)c3ccccc23)C(=O)NC1=S. The Hall–Kier alpha value is -3.00. The summed E-state index contributed by atoms with van der Waals surface area (Å²) in [7, 11) is 1.52. The Labute approximate surface area is 173 Å². The number of benzene rings is 1. The molecule has 3 amide bonds. The molecule has 0 bridgehead atoms. The molecular weight excluding hydrogens is 388 g/mol. The second-order valence-corrected chi connectivity index (χ2v) is 7.85. The average molecular weight is 410 g/mol. The smallest absolute Gasteiger partial charge is 0.265 e. The van der Waals surface area contributed by atoms with Crippen molar-refractivity contribution in [3.8, 4) is 0 Å². The predicted octanol–water partition coefficient (Wildman–Crippen LogP) is 1.96. The van der Waals surface area contributed by atoms with Crippen LogP contribution in [-0.2, 0) is 20.9 Å². The van der Waals surface area contributed by atoms with Crippen LogP contribution in [0.5, 0.6) is 0 Å². The summed E-state index contributed by atoms with van der Waals surface area (Å²) in [5.41, 5.74) is 1.59. The number of aromatic nitrogens is 1. The molecule has 29 heavy (non-hydrogen) atoms. The molecule has 150 valence electrons. The third-order valence-electron chi connectivity index (χ3n) is 5.46. The standard InChI is InChI=1S/C21H22N4O3S/c1-24-20(28)16(19(27)23-21(24)29)10-13-11-25(17-9-5-4-8-15(13)17)12-18(26)22-14-6-2-3-7-14/h4-5,8-11,14H,2-3,6-7,12H2,1H3,(H,22,26)(H,23,27,29)/b16-10-. The third-order valence-corrected chi connectivity index (χ3v) is 5.83. The number of likely N-dealkylation sites (N-methyl/N-ethyl adjacent to an activating group) is 1. The normalized spacial score (nSPS) is 19.3. The maximum atomic E-state index is 12.5. The van der Waals surface area contributed by atoms with Gasteiger partial charge < -0.3 is 9.88 Å². The van der Waals surface area contributed by atoms with Crippen LogP contribution in [0.1, 0.15) is 31.2 Å². The maximum absolute atomic E-state index is 12.5. The zero-order valence-electron chi connectivity index (χ0n) is 16.1. The number of para-hydroxylation sites is 1. The van der Waals surface area contributed by atoms with Crippen LogP contribution in [0.2, 0.25) is 0 Å². The van der Waals surface area contributed by atoms with Crippen LogP contribution in [0.3, 0.4) is 0 Å². The molecule has 1 saturated carbocycles. The minimum atomic E-state index is -0.520. The zero-order valence-corrected chi connectivity index (χ0v) is 16.9. The van der Waals surface area contributed by atoms with Gasteiger partial charge in [0.2, 0.25) is 5.91 Å². The van der Waals surface area contributed by atoms with E-state index in [-0.39, 0.29) is 29.2 Å². The molecule has 0 radical (unpaired) electrons. The van der Waals surface area contributed by atoms with Crippen molar-refractivity contribution >= 4 is 52.0 Å². The first-order valence-corrected chi connectivity index (χ1v) is 10.1. The number of amides is 3. The number of carbonyl (C=O) groups is 3. The molecule has 0 spiro atoms. The quantitative estimate of drug-likeness (QED) is 0.459. The highest BCUT2D eigenvalue weighted by Crippen LogP contribution is 2.25. The number of hydrogen-bond donors (Lipinski definition) is 2. The predicted molar refractivity (Wildman–Crippen MR) is 114 cm³/mol. The van der Waals surface area contributed by atoms with Crippen molar-refractivity contribution in [1.29, 1.82) is 0 Å². The van der Waals surface area contributed by atoms with Gasteiger partial charge in [0.15, 0.2) is 5.11 Å². The van der Waals surface area contributed by atoms with Gasteiger partial charge in [-0.05, 0) is 37.2 Å². The van der Waals surface area contributed by atoms with Crippen molar-refractivity contribution in [3.05, 3.63) is 41.6 Å². The molecule has 1 aliphatic carbocycles. The Morgan fingerprint density at radius 3 is 2.76 bits per heavy atom. The van der Waals surface area contributed by atoms with Gasteiger partial charge >= 0.3 is 0 Å². The van der Waals surface area contributed by atoms with Gasteiger partial charge in [-0.2, -0.15) is 0 Å². The van der Waals surface area contributed by atoms with E-state index in [1.54, 1.807) is 12.3 Å². The van der Waals surface area contributed by atoms with Crippen molar-refractivity contribution < 1.29 is 14.4 Å². The summed E-state index contributed by atoms with van der Waals surface area (Å²) in [5, 5.41) is 6.56. The number of nitrogens with zero attached hydrogens (tertiary/aromatic N) is 2. The summed E-state index contributed by atoms with van der Waals surface area (Å²) >= 11 is 4.98. The monoisotopic (exact) mass is 410 g/mol. The fraction of sp³-hybridized carbons (Fsp3) is 0.333. The van der Waals surface area contributed by atoms with Gasteiger partial charge in [-0.25, -0.2) is 0 Å². The second kappa shape index (κ2) is 7.79. The summed E-state index contributed by atoms with van der Waals surface area (Å²) < 4.78 is 1.85. The largest absolute Gasteiger partial charge is 0.352 e. The van der Waals surface area contributed by atoms with Gasteiger partial charge in [0, 0.05) is 35.8 Å². The van der Waals surface area contributed by atoms with E-state index in [0.717, 1.165) is 36.6 Å². The minimum Gasteiger partial charge on any atom is -0.352 e. The Bertz CT molecular complexity index is 1050. The van der Waals surface area contributed by atoms with Crippen LogP contribution in [0, 0.1) is 0 Å². The van der Waals surface area contributed by atoms with Crippen molar-refractivity contribution in [1.82, 2.24) is 20.1 Å². The minimum absolute atomic E-state index is 0.0133. The van der Waals surface area contributed by atoms with E-state index in [0.29, 0.717) is 5.56 Å². The van der Waals surface area contributed by atoms with Gasteiger partial charge in [-0.3, -0.25) is 24.6 Å². The molecule has 2 N–H and O–H groups in total. The number of hydrogen-bond acceptors (Lipinski definition) is 4. The lowest BCUT2D eigenvalue weighted by atomic mass is 10.1. The highest BCUT2D eigenvalue weighted by molar-refractivity contribution is 7.80. The van der Waals surface area contributed by atoms with Crippen LogP contribution in [0.25, 0.3) is 17.0 Å². The molecule has 2 heterocycles. The second-order valence-electron chi connectivity index (χ2n) is 7.46. The van der Waals surface area contributed by atoms with Gasteiger partial charge in [-0.15, -0.1) is 0 Å². The van der Waals surface area contributed by atoms with E-state index in [1.807, 2.05) is 28.8 Å². The van der Waals surface area contributed by atoms with Gasteiger partial charge in [-0.1, -0.05) is 31.0 Å². The molecular formula is C21H22N4O3S. The van der Waals surface area contributed by atoms with Gasteiger partial charge in [0.1, 0.15) is 12.1 Å². The highest BCUT2D eigenvalue weighted by atomic mass is 32.1. The van der Waals surface area contributed by atoms with Crippen molar-refractivity contribution in [2.45, 2.75) is 38.3 Å². The van der Waals surface area contributed by atoms with E-state index >= 15 is 0 Å². The third kappa shape index (κ3) is 3.80. The molecule has 1 aromatic carbocycles. The lowest BCUT2D eigenvalue weighted by Gasteiger charge is -2.24. The lowest BCUT2D eigenvalue weighted by Crippen LogP contribution is -2.52. The summed E-state index contributed by atoms with van der Waals surface area (Å²) in [6.45, 7) is 0.185. The fourth-order valence-corrected chi connectivity index (χ4v) is 4.10. The maximum Gasteiger partial charge on any atom is 0.265 e. The molecule has 2 aliphatic rings. The van der Waals surface area contributed by atoms with Crippen molar-refractivity contribution in [2.75, 3.05) is 7.05 Å². The van der Waals surface area contributed by atoms with Crippen molar-refractivity contribution in [2.24, 2.45) is 0 Å². The Morgan fingerprint density at radius 2 is 2.00 bits per heavy atom. The van der Waals surface area contributed by atoms with E-state index in [2.05, 4.69) is 10.6 Å². The van der Waals surface area contributed by atoms with Gasteiger partial charge in [0.25, 0.3) is 11.8 Å². The Balaban J connectivity index is 1.65. The molecule has 1 aromatic heterocycles. The van der Waals surface area contributed by atoms with Crippen LogP contribution in [-0.4, -0.2) is 45.4 Å². The first-order valence-electron chi connectivity index (χ1n) is 9.66. The summed E-state index contributed by atoms with van der Waals surface area (Å²) in [6.07, 6.45) is 7.74. The van der Waals surface area contributed by atoms with Crippen LogP contribution >= 0.6 is 12.2 Å². The number of thiocarbonyl (C=S) groups is 1. The van der Waals surface area contributed by atoms with Crippen LogP contribution in [0.4, 0.5) is 0 Å². The Kier molecular flexibility index (Phi) is 5.19. The van der Waals surface area contributed by atoms with E-state index in [4.69, 9.17) is 12.2 Å². The summed E-state index contributed by atoms with van der Waals surface area (Å²) in [6, 6.07) is 7.87. The number of carbonyl (C=O) groups excluding carboxylic acids is 3. The molecule has 0 atom stereocenters. The first-order chi connectivity index (χ1) is 13.9. The lowest BCUT2D eigenvalue weighted by molar-refractivity contribution is -0.128. The number of fused-ring (bicyclic) bond motifs is 1. The van der Waals surface area contributed by atoms with E-state index < -0.39 is 11.8 Å². The molecule has 1 aliphatic heterocycles. The molecule has 1 saturated heterocycles. The van der Waals surface area contributed by atoms with E-state index in [9.17, 15) is 14.4 Å². The van der Waals surface area contributed by atoms with Gasteiger partial charge in [0.05, 0.1) is 0 Å². The molecule has 0 unspecified atom stereocenters. The average Bonchev–Trinajstić information content (AvgIpc) is 3.32.